The first-order valence-corrected chi connectivity index (χ1v) is 7.09. The summed E-state index contributed by atoms with van der Waals surface area (Å²) in [5.74, 6) is -0.589. The number of hydrogen-bond donors (Lipinski definition) is 0. The van der Waals surface area contributed by atoms with E-state index in [2.05, 4.69) is 20.9 Å². The lowest BCUT2D eigenvalue weighted by Crippen LogP contribution is -2.08. The second kappa shape index (κ2) is 6.96. The van der Waals surface area contributed by atoms with Gasteiger partial charge >= 0.3 is 5.97 Å². The SMILES string of the molecule is O=C(OCc1ccccc1)c1ccc(C(=O)CBr)nc1. The number of halogens is 1. The van der Waals surface area contributed by atoms with Crippen LogP contribution in [0.3, 0.4) is 0 Å². The number of Topliss-reactive ketones (excluding diaryl/α,β-unsaturated/α-hetero) is 1. The lowest BCUT2D eigenvalue weighted by Gasteiger charge is -2.05. The average molecular weight is 334 g/mol. The van der Waals surface area contributed by atoms with Crippen LogP contribution in [0.5, 0.6) is 0 Å². The summed E-state index contributed by atoms with van der Waals surface area (Å²) < 4.78 is 5.17. The van der Waals surface area contributed by atoms with Crippen LogP contribution in [0.25, 0.3) is 0 Å². The molecule has 0 unspecified atom stereocenters. The van der Waals surface area contributed by atoms with Crippen LogP contribution in [0.1, 0.15) is 26.4 Å². The zero-order chi connectivity index (χ0) is 14.4. The fourth-order valence-electron chi connectivity index (χ4n) is 1.55. The highest BCUT2D eigenvalue weighted by atomic mass is 79.9. The summed E-state index contributed by atoms with van der Waals surface area (Å²) in [4.78, 5) is 27.1. The molecule has 0 N–H and O–H groups in total. The summed E-state index contributed by atoms with van der Waals surface area (Å²) >= 11 is 3.07. The van der Waals surface area contributed by atoms with Gasteiger partial charge < -0.3 is 4.74 Å². The molecule has 0 amide bonds. The van der Waals surface area contributed by atoms with E-state index in [4.69, 9.17) is 4.74 Å². The third-order valence-corrected chi connectivity index (χ3v) is 3.13. The standard InChI is InChI=1S/C15H12BrNO3/c16-8-14(18)13-7-6-12(9-17-13)15(19)20-10-11-4-2-1-3-5-11/h1-7,9H,8,10H2. The molecule has 0 spiro atoms. The minimum absolute atomic E-state index is 0.130. The van der Waals surface area contributed by atoms with E-state index >= 15 is 0 Å². The van der Waals surface area contributed by atoms with Gasteiger partial charge in [-0.15, -0.1) is 0 Å². The van der Waals surface area contributed by atoms with Crippen LogP contribution in [0.4, 0.5) is 0 Å². The van der Waals surface area contributed by atoms with Crippen molar-refractivity contribution in [2.75, 3.05) is 5.33 Å². The van der Waals surface area contributed by atoms with Crippen LogP contribution < -0.4 is 0 Å². The van der Waals surface area contributed by atoms with Crippen molar-refractivity contribution in [2.45, 2.75) is 6.61 Å². The van der Waals surface area contributed by atoms with Crippen LogP contribution in [-0.4, -0.2) is 22.1 Å². The molecule has 0 saturated carbocycles. The van der Waals surface area contributed by atoms with Gasteiger partial charge in [-0.1, -0.05) is 46.3 Å². The summed E-state index contributed by atoms with van der Waals surface area (Å²) in [6, 6.07) is 12.5. The molecule has 1 aromatic heterocycles. The molecule has 0 saturated heterocycles. The van der Waals surface area contributed by atoms with Crippen molar-refractivity contribution >= 4 is 27.7 Å². The fraction of sp³-hybridized carbons (Fsp3) is 0.133. The predicted molar refractivity (Wildman–Crippen MR) is 77.9 cm³/mol. The van der Waals surface area contributed by atoms with Gasteiger partial charge in [-0.05, 0) is 17.7 Å². The topological polar surface area (TPSA) is 56.3 Å². The van der Waals surface area contributed by atoms with Gasteiger partial charge in [0, 0.05) is 6.20 Å². The molecule has 0 fully saturated rings. The molecule has 0 aliphatic carbocycles. The van der Waals surface area contributed by atoms with Gasteiger partial charge in [0.25, 0.3) is 0 Å². The number of ether oxygens (including phenoxy) is 1. The number of alkyl halides is 1. The molecule has 1 aromatic carbocycles. The maximum atomic E-state index is 11.8. The molecule has 0 aliphatic heterocycles. The molecular formula is C15H12BrNO3. The number of aromatic nitrogens is 1. The van der Waals surface area contributed by atoms with Crippen molar-refractivity contribution in [3.05, 3.63) is 65.5 Å². The van der Waals surface area contributed by atoms with E-state index in [1.54, 1.807) is 0 Å². The normalized spacial score (nSPS) is 10.1. The first-order valence-electron chi connectivity index (χ1n) is 5.97. The van der Waals surface area contributed by atoms with Gasteiger partial charge in [0.2, 0.25) is 0 Å². The molecule has 0 atom stereocenters. The highest BCUT2D eigenvalue weighted by Crippen LogP contribution is 2.07. The molecular weight excluding hydrogens is 322 g/mol. The number of hydrogen-bond acceptors (Lipinski definition) is 4. The molecule has 102 valence electrons. The maximum absolute atomic E-state index is 11.8. The van der Waals surface area contributed by atoms with Gasteiger partial charge in [0.05, 0.1) is 10.9 Å². The summed E-state index contributed by atoms with van der Waals surface area (Å²) in [5.41, 5.74) is 1.56. The number of esters is 1. The summed E-state index contributed by atoms with van der Waals surface area (Å²) in [7, 11) is 0. The van der Waals surface area contributed by atoms with Gasteiger partial charge in [-0.25, -0.2) is 4.79 Å². The second-order valence-electron chi connectivity index (χ2n) is 4.05. The molecule has 20 heavy (non-hydrogen) atoms. The van der Waals surface area contributed by atoms with E-state index in [-0.39, 0.29) is 17.7 Å². The monoisotopic (exact) mass is 333 g/mol. The zero-order valence-corrected chi connectivity index (χ0v) is 12.2. The molecule has 1 heterocycles. The van der Waals surface area contributed by atoms with Gasteiger partial charge in [-0.3, -0.25) is 9.78 Å². The van der Waals surface area contributed by atoms with Crippen LogP contribution in [0.2, 0.25) is 0 Å². The molecule has 0 bridgehead atoms. The molecule has 0 aliphatic rings. The van der Waals surface area contributed by atoms with Gasteiger partial charge in [-0.2, -0.15) is 0 Å². The van der Waals surface area contributed by atoms with Crippen molar-refractivity contribution in [3.8, 4) is 0 Å². The minimum Gasteiger partial charge on any atom is -0.457 e. The first-order chi connectivity index (χ1) is 9.70. The van der Waals surface area contributed by atoms with E-state index in [9.17, 15) is 9.59 Å². The Morgan fingerprint density at radius 2 is 1.85 bits per heavy atom. The number of pyridine rings is 1. The number of benzene rings is 1. The van der Waals surface area contributed by atoms with Crippen LogP contribution in [0, 0.1) is 0 Å². The minimum atomic E-state index is -0.459. The fourth-order valence-corrected chi connectivity index (χ4v) is 1.84. The van der Waals surface area contributed by atoms with E-state index in [0.29, 0.717) is 11.3 Å². The molecule has 5 heteroatoms. The summed E-state index contributed by atoms with van der Waals surface area (Å²) in [6.45, 7) is 0.210. The van der Waals surface area contributed by atoms with Crippen LogP contribution >= 0.6 is 15.9 Å². The number of ketones is 1. The lowest BCUT2D eigenvalue weighted by molar-refractivity contribution is 0.0472. The van der Waals surface area contributed by atoms with Crippen molar-refractivity contribution in [3.63, 3.8) is 0 Å². The lowest BCUT2D eigenvalue weighted by atomic mass is 10.2. The van der Waals surface area contributed by atoms with E-state index < -0.39 is 5.97 Å². The third-order valence-electron chi connectivity index (χ3n) is 2.62. The Balaban J connectivity index is 1.97. The Morgan fingerprint density at radius 1 is 1.10 bits per heavy atom. The van der Waals surface area contributed by atoms with Gasteiger partial charge in [0.1, 0.15) is 12.3 Å². The molecule has 2 rings (SSSR count). The van der Waals surface area contributed by atoms with Crippen LogP contribution in [-0.2, 0) is 11.3 Å². The number of carbonyl (C=O) groups is 2. The Labute approximate surface area is 124 Å². The number of carbonyl (C=O) groups excluding carboxylic acids is 2. The Morgan fingerprint density at radius 3 is 2.45 bits per heavy atom. The van der Waals surface area contributed by atoms with Gasteiger partial charge in [0.15, 0.2) is 5.78 Å². The third kappa shape index (κ3) is 3.74. The highest BCUT2D eigenvalue weighted by molar-refractivity contribution is 9.09. The highest BCUT2D eigenvalue weighted by Gasteiger charge is 2.10. The van der Waals surface area contributed by atoms with Crippen molar-refractivity contribution in [2.24, 2.45) is 0 Å². The molecule has 4 nitrogen and oxygen atoms in total. The molecule has 0 radical (unpaired) electrons. The van der Waals surface area contributed by atoms with Crippen molar-refractivity contribution < 1.29 is 14.3 Å². The van der Waals surface area contributed by atoms with E-state index in [1.165, 1.54) is 18.3 Å². The van der Waals surface area contributed by atoms with E-state index in [1.807, 2.05) is 30.3 Å². The first kappa shape index (κ1) is 14.4. The smallest absolute Gasteiger partial charge is 0.340 e. The summed E-state index contributed by atoms with van der Waals surface area (Å²) in [5, 5.41) is 0.206. The summed E-state index contributed by atoms with van der Waals surface area (Å²) in [6.07, 6.45) is 1.35. The van der Waals surface area contributed by atoms with Crippen molar-refractivity contribution in [1.29, 1.82) is 0 Å². The number of rotatable bonds is 5. The largest absolute Gasteiger partial charge is 0.457 e. The second-order valence-corrected chi connectivity index (χ2v) is 4.61. The maximum Gasteiger partial charge on any atom is 0.340 e. The quantitative estimate of drug-likeness (QED) is 0.479. The Hall–Kier alpha value is -2.01. The Bertz CT molecular complexity index is 596. The van der Waals surface area contributed by atoms with Crippen molar-refractivity contribution in [1.82, 2.24) is 4.98 Å². The predicted octanol–water partition coefficient (Wildman–Crippen LogP) is 3.02. The molecule has 2 aromatic rings. The van der Waals surface area contributed by atoms with Crippen LogP contribution in [0.15, 0.2) is 48.7 Å². The Kier molecular flexibility index (Phi) is 5.01. The van der Waals surface area contributed by atoms with E-state index in [0.717, 1.165) is 5.56 Å². The number of nitrogens with zero attached hydrogens (tertiary/aromatic N) is 1. The zero-order valence-electron chi connectivity index (χ0n) is 10.6. The average Bonchev–Trinajstić information content (AvgIpc) is 2.53.